The third-order valence-electron chi connectivity index (χ3n) is 6.12. The van der Waals surface area contributed by atoms with Gasteiger partial charge in [0.2, 0.25) is 11.8 Å². The number of fused-ring (bicyclic) bond motifs is 1. The molecule has 3 heterocycles. The van der Waals surface area contributed by atoms with Crippen molar-refractivity contribution in [1.29, 1.82) is 0 Å². The van der Waals surface area contributed by atoms with Crippen LogP contribution in [-0.4, -0.2) is 65.8 Å². The fraction of sp³-hybridized carbons (Fsp3) is 0.550. The lowest BCUT2D eigenvalue weighted by atomic mass is 9.92. The van der Waals surface area contributed by atoms with Crippen LogP contribution in [0.1, 0.15) is 41.6 Å². The number of amides is 3. The van der Waals surface area contributed by atoms with Gasteiger partial charge in [0.05, 0.1) is 6.54 Å². The molecule has 0 aromatic heterocycles. The van der Waals surface area contributed by atoms with E-state index in [9.17, 15) is 14.4 Å². The average molecular weight is 370 g/mol. The first-order chi connectivity index (χ1) is 13.0. The van der Waals surface area contributed by atoms with Crippen LogP contribution in [0.4, 0.5) is 5.69 Å². The van der Waals surface area contributed by atoms with Gasteiger partial charge in [-0.25, -0.2) is 0 Å². The summed E-state index contributed by atoms with van der Waals surface area (Å²) in [4.78, 5) is 41.3. The fourth-order valence-electron chi connectivity index (χ4n) is 4.60. The van der Waals surface area contributed by atoms with Gasteiger partial charge in [-0.15, -0.1) is 0 Å². The van der Waals surface area contributed by atoms with E-state index in [0.29, 0.717) is 24.3 Å². The molecule has 1 aromatic rings. The molecule has 3 saturated heterocycles. The van der Waals surface area contributed by atoms with Crippen LogP contribution in [0.2, 0.25) is 0 Å². The fourth-order valence-corrected chi connectivity index (χ4v) is 4.60. The van der Waals surface area contributed by atoms with Crippen LogP contribution in [-0.2, 0) is 9.59 Å². The van der Waals surface area contributed by atoms with Crippen LogP contribution < -0.4 is 10.6 Å². The van der Waals surface area contributed by atoms with Gasteiger partial charge in [0, 0.05) is 24.3 Å². The van der Waals surface area contributed by atoms with Crippen LogP contribution in [0.15, 0.2) is 18.2 Å². The highest BCUT2D eigenvalue weighted by molar-refractivity contribution is 6.02. The summed E-state index contributed by atoms with van der Waals surface area (Å²) >= 11 is 0. The van der Waals surface area contributed by atoms with Crippen molar-refractivity contribution < 1.29 is 14.4 Å². The first-order valence-corrected chi connectivity index (χ1v) is 9.73. The van der Waals surface area contributed by atoms with Gasteiger partial charge >= 0.3 is 0 Å². The number of carbonyl (C=O) groups excluding carboxylic acids is 3. The lowest BCUT2D eigenvalue weighted by Crippen LogP contribution is -2.50. The van der Waals surface area contributed by atoms with E-state index in [1.54, 1.807) is 17.0 Å². The van der Waals surface area contributed by atoms with Gasteiger partial charge in [-0.2, -0.15) is 0 Å². The Hall–Kier alpha value is -2.41. The van der Waals surface area contributed by atoms with Crippen molar-refractivity contribution in [3.8, 4) is 0 Å². The minimum absolute atomic E-state index is 0.0440. The molecule has 4 rings (SSSR count). The van der Waals surface area contributed by atoms with E-state index in [2.05, 4.69) is 15.5 Å². The zero-order chi connectivity index (χ0) is 19.0. The number of benzene rings is 1. The van der Waals surface area contributed by atoms with Gasteiger partial charge in [-0.1, -0.05) is 6.07 Å². The van der Waals surface area contributed by atoms with Crippen molar-refractivity contribution in [3.63, 3.8) is 0 Å². The topological polar surface area (TPSA) is 81.8 Å². The van der Waals surface area contributed by atoms with Crippen LogP contribution in [0.5, 0.6) is 0 Å². The summed E-state index contributed by atoms with van der Waals surface area (Å²) in [5.74, 6) is -0.277. The molecule has 27 heavy (non-hydrogen) atoms. The normalized spacial score (nSPS) is 21.7. The third-order valence-corrected chi connectivity index (χ3v) is 6.12. The molecule has 0 saturated carbocycles. The molecule has 3 fully saturated rings. The molecular formula is C20H26N4O3. The zero-order valence-corrected chi connectivity index (χ0v) is 15.7. The van der Waals surface area contributed by atoms with Crippen molar-refractivity contribution in [2.45, 2.75) is 38.1 Å². The van der Waals surface area contributed by atoms with Crippen molar-refractivity contribution >= 4 is 23.4 Å². The van der Waals surface area contributed by atoms with Gasteiger partial charge in [0.1, 0.15) is 5.54 Å². The van der Waals surface area contributed by atoms with Crippen LogP contribution >= 0.6 is 0 Å². The zero-order valence-electron chi connectivity index (χ0n) is 15.7. The number of piperazine rings is 1. The van der Waals surface area contributed by atoms with Crippen molar-refractivity contribution in [3.05, 3.63) is 29.3 Å². The number of anilines is 1. The van der Waals surface area contributed by atoms with Crippen molar-refractivity contribution in [1.82, 2.24) is 15.1 Å². The maximum atomic E-state index is 13.1. The highest BCUT2D eigenvalue weighted by atomic mass is 16.2. The smallest absolute Gasteiger partial charge is 0.254 e. The maximum absolute atomic E-state index is 13.1. The largest absolute Gasteiger partial charge is 0.353 e. The second-order valence-electron chi connectivity index (χ2n) is 7.79. The summed E-state index contributed by atoms with van der Waals surface area (Å²) in [5, 5.41) is 5.81. The lowest BCUT2D eigenvalue weighted by molar-refractivity contribution is -0.125. The Balaban J connectivity index is 1.53. The van der Waals surface area contributed by atoms with E-state index in [1.807, 2.05) is 13.0 Å². The summed E-state index contributed by atoms with van der Waals surface area (Å²) in [7, 11) is 0. The summed E-state index contributed by atoms with van der Waals surface area (Å²) < 4.78 is 0. The van der Waals surface area contributed by atoms with Gasteiger partial charge in [-0.05, 0) is 63.4 Å². The minimum Gasteiger partial charge on any atom is -0.353 e. The highest BCUT2D eigenvalue weighted by Crippen LogP contribution is 2.39. The predicted molar refractivity (Wildman–Crippen MR) is 101 cm³/mol. The van der Waals surface area contributed by atoms with E-state index in [0.717, 1.165) is 44.3 Å². The van der Waals surface area contributed by atoms with E-state index in [1.165, 1.54) is 0 Å². The monoisotopic (exact) mass is 370 g/mol. The SMILES string of the molecule is Cc1ccc(C(=O)N2CCNC(=O)C2)cc1NC(=O)C12CCCN1CCC2. The summed E-state index contributed by atoms with van der Waals surface area (Å²) in [6.07, 6.45) is 3.92. The number of nitrogens with zero attached hydrogens (tertiary/aromatic N) is 2. The maximum Gasteiger partial charge on any atom is 0.254 e. The standard InChI is InChI=1S/C20H26N4O3/c1-14-4-5-15(18(26)23-11-8-21-17(25)13-23)12-16(14)22-19(27)20-6-2-9-24(20)10-3-7-20/h4-5,12H,2-3,6-11,13H2,1H3,(H,21,25)(H,22,27). The molecule has 1 aromatic carbocycles. The van der Waals surface area contributed by atoms with Crippen molar-refractivity contribution in [2.24, 2.45) is 0 Å². The van der Waals surface area contributed by atoms with Crippen LogP contribution in [0.25, 0.3) is 0 Å². The molecule has 0 atom stereocenters. The molecule has 3 amide bonds. The number of carbonyl (C=O) groups is 3. The number of nitrogens with one attached hydrogen (secondary N) is 2. The number of hydrogen-bond donors (Lipinski definition) is 2. The minimum atomic E-state index is -0.378. The molecule has 0 bridgehead atoms. The van der Waals surface area contributed by atoms with Gasteiger partial charge in [0.25, 0.3) is 5.91 Å². The second-order valence-corrected chi connectivity index (χ2v) is 7.79. The quantitative estimate of drug-likeness (QED) is 0.836. The van der Waals surface area contributed by atoms with E-state index < -0.39 is 0 Å². The van der Waals surface area contributed by atoms with E-state index >= 15 is 0 Å². The lowest BCUT2D eigenvalue weighted by Gasteiger charge is -2.31. The molecule has 7 nitrogen and oxygen atoms in total. The number of hydrogen-bond acceptors (Lipinski definition) is 4. The van der Waals surface area contributed by atoms with E-state index in [-0.39, 0.29) is 29.8 Å². The first-order valence-electron chi connectivity index (χ1n) is 9.73. The number of rotatable bonds is 3. The Labute approximate surface area is 159 Å². The molecule has 0 spiro atoms. The van der Waals surface area contributed by atoms with Crippen molar-refractivity contribution in [2.75, 3.05) is 38.0 Å². The van der Waals surface area contributed by atoms with Crippen LogP contribution in [0.3, 0.4) is 0 Å². The highest BCUT2D eigenvalue weighted by Gasteiger charge is 2.50. The summed E-state index contributed by atoms with van der Waals surface area (Å²) in [6.45, 7) is 4.95. The van der Waals surface area contributed by atoms with E-state index in [4.69, 9.17) is 0 Å². The molecule has 7 heteroatoms. The second kappa shape index (κ2) is 6.96. The number of aryl methyl sites for hydroxylation is 1. The molecule has 0 radical (unpaired) electrons. The third kappa shape index (κ3) is 3.20. The molecule has 3 aliphatic heterocycles. The molecule has 2 N–H and O–H groups in total. The molecule has 3 aliphatic rings. The van der Waals surface area contributed by atoms with Gasteiger partial charge in [0.15, 0.2) is 0 Å². The Bertz CT molecular complexity index is 781. The molecule has 144 valence electrons. The Morgan fingerprint density at radius 1 is 1.15 bits per heavy atom. The summed E-state index contributed by atoms with van der Waals surface area (Å²) in [6, 6.07) is 5.36. The van der Waals surface area contributed by atoms with Gasteiger partial charge in [-0.3, -0.25) is 19.3 Å². The Morgan fingerprint density at radius 2 is 1.89 bits per heavy atom. The van der Waals surface area contributed by atoms with Crippen LogP contribution in [0, 0.1) is 6.92 Å². The first kappa shape index (κ1) is 18.0. The molecular weight excluding hydrogens is 344 g/mol. The molecule has 0 unspecified atom stereocenters. The Kier molecular flexibility index (Phi) is 4.63. The van der Waals surface area contributed by atoms with Gasteiger partial charge < -0.3 is 15.5 Å². The average Bonchev–Trinajstić information content (AvgIpc) is 3.24. The summed E-state index contributed by atoms with van der Waals surface area (Å²) in [5.41, 5.74) is 1.73. The Morgan fingerprint density at radius 3 is 2.59 bits per heavy atom. The predicted octanol–water partition coefficient (Wildman–Crippen LogP) is 1.13. The molecule has 0 aliphatic carbocycles.